The zero-order valence-electron chi connectivity index (χ0n) is 13.7. The molecule has 1 saturated heterocycles. The maximum absolute atomic E-state index is 12.9. The number of benzene rings is 1. The Kier molecular flexibility index (Phi) is 3.60. The maximum atomic E-state index is 12.9. The van der Waals surface area contributed by atoms with Gasteiger partial charge in [0.25, 0.3) is 5.56 Å². The van der Waals surface area contributed by atoms with E-state index >= 15 is 0 Å². The van der Waals surface area contributed by atoms with Crippen LogP contribution in [-0.2, 0) is 11.3 Å². The Balaban J connectivity index is 1.78. The van der Waals surface area contributed by atoms with Crippen LogP contribution in [0.3, 0.4) is 0 Å². The molecule has 1 aliphatic carbocycles. The molecule has 1 saturated carbocycles. The van der Waals surface area contributed by atoms with Crippen molar-refractivity contribution in [2.24, 2.45) is 5.92 Å². The van der Waals surface area contributed by atoms with Crippen LogP contribution in [0.15, 0.2) is 29.1 Å². The second kappa shape index (κ2) is 5.64. The predicted octanol–water partition coefficient (Wildman–Crippen LogP) is 2.42. The summed E-state index contributed by atoms with van der Waals surface area (Å²) in [6.07, 6.45) is 2.86. The third-order valence-corrected chi connectivity index (χ3v) is 4.88. The molecule has 23 heavy (non-hydrogen) atoms. The van der Waals surface area contributed by atoms with Crippen molar-refractivity contribution in [2.75, 3.05) is 18.0 Å². The summed E-state index contributed by atoms with van der Waals surface area (Å²) in [5.41, 5.74) is 1.80. The molecular formula is C18H23N3O2. The minimum absolute atomic E-state index is 0.00912. The van der Waals surface area contributed by atoms with Gasteiger partial charge in [0.1, 0.15) is 0 Å². The Morgan fingerprint density at radius 3 is 2.78 bits per heavy atom. The van der Waals surface area contributed by atoms with E-state index in [1.807, 2.05) is 35.8 Å². The monoisotopic (exact) mass is 313 g/mol. The highest BCUT2D eigenvalue weighted by Gasteiger charge is 2.38. The van der Waals surface area contributed by atoms with Gasteiger partial charge in [-0.3, -0.25) is 4.79 Å². The first-order valence-electron chi connectivity index (χ1n) is 8.57. The van der Waals surface area contributed by atoms with E-state index in [1.165, 1.54) is 12.8 Å². The van der Waals surface area contributed by atoms with Crippen LogP contribution in [0.1, 0.15) is 26.7 Å². The smallest absolute Gasteiger partial charge is 0.293 e. The Hall–Kier alpha value is -1.88. The summed E-state index contributed by atoms with van der Waals surface area (Å²) in [5.74, 6) is 1.24. The van der Waals surface area contributed by atoms with E-state index in [0.717, 1.165) is 24.1 Å². The number of ether oxygens (including phenoxy) is 1. The SMILES string of the molecule is CCn1c(=O)c(N2C[C@@H](C3CC3)O[C@@H](C)C2)nc2ccccc21. The van der Waals surface area contributed by atoms with Gasteiger partial charge >= 0.3 is 0 Å². The lowest BCUT2D eigenvalue weighted by Crippen LogP contribution is -2.50. The molecule has 5 heteroatoms. The van der Waals surface area contributed by atoms with Crippen LogP contribution in [0.4, 0.5) is 5.82 Å². The predicted molar refractivity (Wildman–Crippen MR) is 90.9 cm³/mol. The second-order valence-electron chi connectivity index (χ2n) is 6.70. The average molecular weight is 313 g/mol. The first-order chi connectivity index (χ1) is 11.2. The summed E-state index contributed by atoms with van der Waals surface area (Å²) in [4.78, 5) is 19.8. The van der Waals surface area contributed by atoms with Gasteiger partial charge in [0.05, 0.1) is 23.2 Å². The van der Waals surface area contributed by atoms with Crippen molar-refractivity contribution < 1.29 is 4.74 Å². The number of rotatable bonds is 3. The standard InChI is InChI=1S/C18H23N3O2/c1-3-21-15-7-5-4-6-14(15)19-17(18(21)22)20-10-12(2)23-16(11-20)13-8-9-13/h4-7,12-13,16H,3,8-11H2,1-2H3/t12-,16-/m0/s1. The first-order valence-corrected chi connectivity index (χ1v) is 8.57. The summed E-state index contributed by atoms with van der Waals surface area (Å²) in [6.45, 7) is 6.25. The number of fused-ring (bicyclic) bond motifs is 1. The zero-order chi connectivity index (χ0) is 16.0. The molecule has 0 bridgehead atoms. The number of para-hydroxylation sites is 2. The van der Waals surface area contributed by atoms with Crippen molar-refractivity contribution in [3.8, 4) is 0 Å². The van der Waals surface area contributed by atoms with Crippen LogP contribution in [0, 0.1) is 5.92 Å². The number of aromatic nitrogens is 2. The fourth-order valence-electron chi connectivity index (χ4n) is 3.59. The normalized spacial score (nSPS) is 25.0. The van der Waals surface area contributed by atoms with Crippen molar-refractivity contribution in [1.82, 2.24) is 9.55 Å². The van der Waals surface area contributed by atoms with Gasteiger partial charge in [-0.1, -0.05) is 12.1 Å². The minimum atomic E-state index is 0.00912. The maximum Gasteiger partial charge on any atom is 0.293 e. The van der Waals surface area contributed by atoms with Crippen LogP contribution >= 0.6 is 0 Å². The molecule has 4 rings (SSSR count). The van der Waals surface area contributed by atoms with E-state index in [4.69, 9.17) is 9.72 Å². The molecule has 1 aliphatic heterocycles. The van der Waals surface area contributed by atoms with Crippen LogP contribution in [0.5, 0.6) is 0 Å². The molecule has 5 nitrogen and oxygen atoms in total. The van der Waals surface area contributed by atoms with Gasteiger partial charge in [0.2, 0.25) is 0 Å². The lowest BCUT2D eigenvalue weighted by molar-refractivity contribution is -0.0274. The van der Waals surface area contributed by atoms with E-state index in [1.54, 1.807) is 0 Å². The van der Waals surface area contributed by atoms with Crippen molar-refractivity contribution in [2.45, 2.75) is 45.4 Å². The molecule has 1 aromatic heterocycles. The number of anilines is 1. The van der Waals surface area contributed by atoms with Gasteiger partial charge < -0.3 is 14.2 Å². The van der Waals surface area contributed by atoms with Crippen LogP contribution in [0.2, 0.25) is 0 Å². The summed E-state index contributed by atoms with van der Waals surface area (Å²) in [5, 5.41) is 0. The van der Waals surface area contributed by atoms with E-state index in [-0.39, 0.29) is 17.8 Å². The molecule has 2 aliphatic rings. The Labute approximate surface area is 135 Å². The first kappa shape index (κ1) is 14.7. The molecule has 2 atom stereocenters. The molecule has 0 unspecified atom stereocenters. The second-order valence-corrected chi connectivity index (χ2v) is 6.70. The molecule has 0 N–H and O–H groups in total. The Bertz CT molecular complexity index is 781. The zero-order valence-corrected chi connectivity index (χ0v) is 13.7. The van der Waals surface area contributed by atoms with Gasteiger partial charge in [-0.05, 0) is 44.7 Å². The summed E-state index contributed by atoms with van der Waals surface area (Å²) in [7, 11) is 0. The fourth-order valence-corrected chi connectivity index (χ4v) is 3.59. The molecule has 2 fully saturated rings. The Morgan fingerprint density at radius 1 is 1.26 bits per heavy atom. The molecule has 2 heterocycles. The quantitative estimate of drug-likeness (QED) is 0.873. The molecular weight excluding hydrogens is 290 g/mol. The van der Waals surface area contributed by atoms with Crippen LogP contribution < -0.4 is 10.5 Å². The number of hydrogen-bond donors (Lipinski definition) is 0. The van der Waals surface area contributed by atoms with E-state index < -0.39 is 0 Å². The summed E-state index contributed by atoms with van der Waals surface area (Å²) < 4.78 is 7.89. The molecule has 122 valence electrons. The molecule has 0 amide bonds. The lowest BCUT2D eigenvalue weighted by Gasteiger charge is -2.37. The van der Waals surface area contributed by atoms with Crippen molar-refractivity contribution in [3.05, 3.63) is 34.6 Å². The fraction of sp³-hybridized carbons (Fsp3) is 0.556. The van der Waals surface area contributed by atoms with Gasteiger partial charge in [0.15, 0.2) is 5.82 Å². The molecule has 2 aromatic rings. The Morgan fingerprint density at radius 2 is 2.04 bits per heavy atom. The highest BCUT2D eigenvalue weighted by atomic mass is 16.5. The van der Waals surface area contributed by atoms with Gasteiger partial charge in [-0.2, -0.15) is 0 Å². The molecule has 1 aromatic carbocycles. The average Bonchev–Trinajstić information content (AvgIpc) is 3.38. The third-order valence-electron chi connectivity index (χ3n) is 4.88. The lowest BCUT2D eigenvalue weighted by atomic mass is 10.1. The highest BCUT2D eigenvalue weighted by Crippen LogP contribution is 2.37. The van der Waals surface area contributed by atoms with Crippen molar-refractivity contribution >= 4 is 16.9 Å². The number of nitrogens with zero attached hydrogens (tertiary/aromatic N) is 3. The number of hydrogen-bond acceptors (Lipinski definition) is 4. The van der Waals surface area contributed by atoms with E-state index in [9.17, 15) is 4.79 Å². The van der Waals surface area contributed by atoms with Gasteiger partial charge in [0, 0.05) is 19.6 Å². The van der Waals surface area contributed by atoms with Crippen LogP contribution in [-0.4, -0.2) is 34.8 Å². The van der Waals surface area contributed by atoms with E-state index in [0.29, 0.717) is 18.3 Å². The van der Waals surface area contributed by atoms with Crippen molar-refractivity contribution in [1.29, 1.82) is 0 Å². The number of aryl methyl sites for hydroxylation is 1. The highest BCUT2D eigenvalue weighted by molar-refractivity contribution is 5.76. The topological polar surface area (TPSA) is 47.4 Å². The van der Waals surface area contributed by atoms with Crippen molar-refractivity contribution in [3.63, 3.8) is 0 Å². The van der Waals surface area contributed by atoms with Crippen LogP contribution in [0.25, 0.3) is 11.0 Å². The molecule has 0 spiro atoms. The largest absolute Gasteiger partial charge is 0.371 e. The van der Waals surface area contributed by atoms with Gasteiger partial charge in [-0.25, -0.2) is 4.98 Å². The minimum Gasteiger partial charge on any atom is -0.371 e. The number of morpholine rings is 1. The summed E-state index contributed by atoms with van der Waals surface area (Å²) >= 11 is 0. The van der Waals surface area contributed by atoms with Gasteiger partial charge in [-0.15, -0.1) is 0 Å². The van der Waals surface area contributed by atoms with E-state index in [2.05, 4.69) is 11.8 Å². The third kappa shape index (κ3) is 2.63. The molecule has 0 radical (unpaired) electrons. The summed E-state index contributed by atoms with van der Waals surface area (Å²) in [6, 6.07) is 7.87.